The summed E-state index contributed by atoms with van der Waals surface area (Å²) in [4.78, 5) is 22.9. The van der Waals surface area contributed by atoms with Gasteiger partial charge in [0, 0.05) is 0 Å². The predicted molar refractivity (Wildman–Crippen MR) is 50.3 cm³/mol. The highest BCUT2D eigenvalue weighted by Gasteiger charge is 3.05. The second kappa shape index (κ2) is 1.71. The van der Waals surface area contributed by atoms with Gasteiger partial charge in [-0.2, -0.15) is 0 Å². The molecule has 0 unspecified atom stereocenters. The Morgan fingerprint density at radius 3 is 2.25 bits per heavy atom. The van der Waals surface area contributed by atoms with E-state index in [0.29, 0.717) is 23.7 Å². The van der Waals surface area contributed by atoms with Crippen LogP contribution >= 0.6 is 0 Å². The average molecular weight is 220 g/mol. The van der Waals surface area contributed by atoms with Gasteiger partial charge in [0.05, 0.1) is 10.8 Å². The predicted octanol–water partition coefficient (Wildman–Crippen LogP) is 0.674. The van der Waals surface area contributed by atoms with Gasteiger partial charge in [-0.05, 0) is 48.3 Å². The zero-order valence-corrected chi connectivity index (χ0v) is 8.59. The molecule has 6 aliphatic rings. The van der Waals surface area contributed by atoms with Crippen molar-refractivity contribution in [2.75, 3.05) is 0 Å². The van der Waals surface area contributed by atoms with Crippen LogP contribution in [0.1, 0.15) is 12.8 Å². The van der Waals surface area contributed by atoms with E-state index < -0.39 is 22.8 Å². The second-order valence-electron chi connectivity index (χ2n) is 6.38. The molecule has 0 radical (unpaired) electrons. The SMILES string of the molecule is O=C(O)[C@@]12[C@H]3[C@H]4CC[C@@H]5[C@H]3[C@@H]1[C@@]5(C(=O)O)[C@@H]42. The normalized spacial score (nSPS) is 70.2. The second-order valence-corrected chi connectivity index (χ2v) is 6.38. The maximum Gasteiger partial charge on any atom is 0.310 e. The summed E-state index contributed by atoms with van der Waals surface area (Å²) in [5.41, 5.74) is -1.18. The van der Waals surface area contributed by atoms with Crippen molar-refractivity contribution in [2.45, 2.75) is 12.8 Å². The highest BCUT2D eigenvalue weighted by molar-refractivity contribution is 5.93. The Morgan fingerprint density at radius 1 is 1.00 bits per heavy atom. The van der Waals surface area contributed by atoms with Gasteiger partial charge in [-0.3, -0.25) is 9.59 Å². The molecule has 4 nitrogen and oxygen atoms in total. The molecule has 0 aliphatic heterocycles. The molecule has 6 saturated carbocycles. The zero-order chi connectivity index (χ0) is 11.0. The van der Waals surface area contributed by atoms with E-state index in [-0.39, 0.29) is 11.8 Å². The van der Waals surface area contributed by atoms with Gasteiger partial charge in [-0.1, -0.05) is 0 Å². The van der Waals surface area contributed by atoms with Crippen LogP contribution in [-0.4, -0.2) is 22.2 Å². The van der Waals surface area contributed by atoms with E-state index in [2.05, 4.69) is 0 Å². The topological polar surface area (TPSA) is 74.6 Å². The summed E-state index contributed by atoms with van der Waals surface area (Å²) in [6.07, 6.45) is 2.11. The molecule has 0 amide bonds. The molecule has 8 atom stereocenters. The molecule has 2 N–H and O–H groups in total. The molecule has 0 aromatic carbocycles. The Kier molecular flexibility index (Phi) is 0.865. The van der Waals surface area contributed by atoms with Gasteiger partial charge in [-0.15, -0.1) is 0 Å². The third-order valence-corrected chi connectivity index (χ3v) is 6.93. The number of hydrogen-bond acceptors (Lipinski definition) is 2. The first-order valence-electron chi connectivity index (χ1n) is 6.07. The fourth-order valence-corrected chi connectivity index (χ4v) is 7.10. The third kappa shape index (κ3) is 0.356. The van der Waals surface area contributed by atoms with Crippen LogP contribution in [-0.2, 0) is 9.59 Å². The first-order valence-corrected chi connectivity index (χ1v) is 6.07. The monoisotopic (exact) mass is 220 g/mol. The largest absolute Gasteiger partial charge is 0.481 e. The highest BCUT2D eigenvalue weighted by atomic mass is 16.4. The summed E-state index contributed by atoms with van der Waals surface area (Å²) in [6, 6.07) is 0. The maximum atomic E-state index is 11.5. The van der Waals surface area contributed by atoms with Crippen LogP contribution in [0.3, 0.4) is 0 Å². The van der Waals surface area contributed by atoms with E-state index in [4.69, 9.17) is 0 Å². The number of carbonyl (C=O) groups is 2. The summed E-state index contributed by atoms with van der Waals surface area (Å²) in [5, 5.41) is 18.9. The highest BCUT2D eigenvalue weighted by Crippen LogP contribution is 3.01. The summed E-state index contributed by atoms with van der Waals surface area (Å²) < 4.78 is 0. The van der Waals surface area contributed by atoms with E-state index >= 15 is 0 Å². The Hall–Kier alpha value is -1.06. The minimum absolute atomic E-state index is 0.00782. The van der Waals surface area contributed by atoms with Crippen molar-refractivity contribution in [2.24, 2.45) is 46.3 Å². The first kappa shape index (κ1) is 8.09. The molecule has 16 heavy (non-hydrogen) atoms. The van der Waals surface area contributed by atoms with Gasteiger partial charge in [0.1, 0.15) is 0 Å². The molecular weight excluding hydrogens is 208 g/mol. The van der Waals surface area contributed by atoms with Crippen LogP contribution in [0.15, 0.2) is 0 Å². The molecule has 6 fully saturated rings. The number of aliphatic carboxylic acids is 2. The Bertz CT molecular complexity index is 481. The fraction of sp³-hybridized carbons (Fsp3) is 0.833. The summed E-state index contributed by atoms with van der Waals surface area (Å²) in [7, 11) is 0. The number of carboxylic acids is 2. The molecule has 0 spiro atoms. The van der Waals surface area contributed by atoms with E-state index in [9.17, 15) is 19.8 Å². The Balaban J connectivity index is 1.73. The molecule has 0 aromatic rings. The van der Waals surface area contributed by atoms with Crippen LogP contribution in [0.4, 0.5) is 0 Å². The van der Waals surface area contributed by atoms with Crippen molar-refractivity contribution >= 4 is 11.9 Å². The molecule has 6 aliphatic carbocycles. The third-order valence-electron chi connectivity index (χ3n) is 6.93. The van der Waals surface area contributed by atoms with E-state index in [1.54, 1.807) is 0 Å². The smallest absolute Gasteiger partial charge is 0.310 e. The standard InChI is InChI=1S/C12H12O4/c13-9(14)11-4-2-1-3-6-5(4)8(11)12(6,7(3)11)10(15)16/h3-8H,1-2H2,(H,13,14)(H,15,16)/t3-,4-,5-,6+,7-,8-,11+,12-/m1/s1. The van der Waals surface area contributed by atoms with Crippen molar-refractivity contribution in [1.82, 2.24) is 0 Å². The van der Waals surface area contributed by atoms with Crippen LogP contribution in [0.5, 0.6) is 0 Å². The van der Waals surface area contributed by atoms with Gasteiger partial charge in [-0.25, -0.2) is 0 Å². The van der Waals surface area contributed by atoms with Crippen LogP contribution < -0.4 is 0 Å². The van der Waals surface area contributed by atoms with Crippen molar-refractivity contribution in [3.63, 3.8) is 0 Å². The van der Waals surface area contributed by atoms with Crippen LogP contribution in [0.2, 0.25) is 0 Å². The number of rotatable bonds is 2. The van der Waals surface area contributed by atoms with Gasteiger partial charge < -0.3 is 10.2 Å². The molecule has 0 saturated heterocycles. The average Bonchev–Trinajstić information content (AvgIpc) is 2.14. The molecular formula is C12H12O4. The molecule has 0 aromatic heterocycles. The van der Waals surface area contributed by atoms with Crippen LogP contribution in [0, 0.1) is 46.3 Å². The number of fused-ring (bicyclic) bond motifs is 1. The maximum absolute atomic E-state index is 11.5. The lowest BCUT2D eigenvalue weighted by molar-refractivity contribution is -0.532. The molecule has 6 rings (SSSR count). The lowest BCUT2D eigenvalue weighted by atomic mass is 9.01. The van der Waals surface area contributed by atoms with Crippen molar-refractivity contribution in [3.8, 4) is 0 Å². The lowest BCUT2D eigenvalue weighted by Crippen LogP contribution is -3.02. The van der Waals surface area contributed by atoms with E-state index in [1.165, 1.54) is 0 Å². The zero-order valence-electron chi connectivity index (χ0n) is 8.59. The molecule has 84 valence electrons. The van der Waals surface area contributed by atoms with E-state index in [0.717, 1.165) is 12.8 Å². The summed E-state index contributed by atoms with van der Waals surface area (Å²) >= 11 is 0. The number of hydrogen-bond donors (Lipinski definition) is 2. The van der Waals surface area contributed by atoms with Gasteiger partial charge >= 0.3 is 11.9 Å². The minimum Gasteiger partial charge on any atom is -0.481 e. The molecule has 4 heteroatoms. The van der Waals surface area contributed by atoms with Gasteiger partial charge in [0.2, 0.25) is 0 Å². The molecule has 0 heterocycles. The van der Waals surface area contributed by atoms with Crippen molar-refractivity contribution < 1.29 is 19.8 Å². The lowest BCUT2D eigenvalue weighted by Gasteiger charge is -2.99. The molecule has 2 bridgehead atoms. The Labute approximate surface area is 91.6 Å². The Morgan fingerprint density at radius 2 is 1.69 bits per heavy atom. The van der Waals surface area contributed by atoms with Crippen molar-refractivity contribution in [3.05, 3.63) is 0 Å². The van der Waals surface area contributed by atoms with Crippen molar-refractivity contribution in [1.29, 1.82) is 0 Å². The van der Waals surface area contributed by atoms with Gasteiger partial charge in [0.15, 0.2) is 0 Å². The van der Waals surface area contributed by atoms with E-state index in [1.807, 2.05) is 0 Å². The quantitative estimate of drug-likeness (QED) is 0.717. The fourth-order valence-electron chi connectivity index (χ4n) is 7.10. The van der Waals surface area contributed by atoms with Gasteiger partial charge in [0.25, 0.3) is 0 Å². The summed E-state index contributed by atoms with van der Waals surface area (Å²) in [6.45, 7) is 0. The minimum atomic E-state index is -0.711. The van der Waals surface area contributed by atoms with Crippen LogP contribution in [0.25, 0.3) is 0 Å². The number of carboxylic acid groups (broad SMARTS) is 2. The summed E-state index contributed by atoms with van der Waals surface area (Å²) in [5.74, 6) is 0.0975. The first-order chi connectivity index (χ1) is 7.60.